The number of H-pyrrole nitrogens is 1. The van der Waals surface area contributed by atoms with E-state index in [1.54, 1.807) is 0 Å². The summed E-state index contributed by atoms with van der Waals surface area (Å²) in [7, 11) is 0. The molecule has 15 heavy (non-hydrogen) atoms. The first kappa shape index (κ1) is 10.2. The first-order chi connectivity index (χ1) is 7.36. The number of hydrogen-bond donors (Lipinski definition) is 2. The highest BCUT2D eigenvalue weighted by molar-refractivity contribution is 5.83. The van der Waals surface area contributed by atoms with Crippen LogP contribution in [0.1, 0.15) is 31.2 Å². The molecule has 2 heteroatoms. The van der Waals surface area contributed by atoms with Gasteiger partial charge in [0.1, 0.15) is 0 Å². The first-order valence-electron chi connectivity index (χ1n) is 5.63. The van der Waals surface area contributed by atoms with Crippen LogP contribution in [0.5, 0.6) is 0 Å². The Bertz CT molecular complexity index is 431. The summed E-state index contributed by atoms with van der Waals surface area (Å²) in [6, 6.07) is 8.41. The van der Waals surface area contributed by atoms with E-state index in [2.05, 4.69) is 42.4 Å². The van der Waals surface area contributed by atoms with E-state index in [4.69, 9.17) is 5.73 Å². The van der Waals surface area contributed by atoms with Gasteiger partial charge in [0.25, 0.3) is 0 Å². The Morgan fingerprint density at radius 2 is 2.13 bits per heavy atom. The van der Waals surface area contributed by atoms with Crippen molar-refractivity contribution in [3.05, 3.63) is 36.0 Å². The van der Waals surface area contributed by atoms with Gasteiger partial charge in [-0.2, -0.15) is 0 Å². The van der Waals surface area contributed by atoms with Crippen LogP contribution in [0, 0.1) is 0 Å². The minimum Gasteiger partial charge on any atom is -0.361 e. The van der Waals surface area contributed by atoms with Crippen LogP contribution >= 0.6 is 0 Å². The van der Waals surface area contributed by atoms with Crippen molar-refractivity contribution in [2.24, 2.45) is 5.73 Å². The molecule has 0 fully saturated rings. The fraction of sp³-hybridized carbons (Fsp3) is 0.385. The second-order valence-corrected chi connectivity index (χ2v) is 4.01. The fourth-order valence-corrected chi connectivity index (χ4v) is 2.18. The number of rotatable bonds is 4. The SMILES string of the molecule is CCCC(CN)c1c[nH]c2ccccc12. The lowest BCUT2D eigenvalue weighted by Crippen LogP contribution is -2.11. The molecule has 0 saturated carbocycles. The molecule has 3 N–H and O–H groups in total. The topological polar surface area (TPSA) is 41.8 Å². The maximum Gasteiger partial charge on any atom is 0.0456 e. The van der Waals surface area contributed by atoms with Gasteiger partial charge in [0.05, 0.1) is 0 Å². The Morgan fingerprint density at radius 3 is 2.87 bits per heavy atom. The average Bonchev–Trinajstić information content (AvgIpc) is 2.70. The van der Waals surface area contributed by atoms with Crippen LogP contribution in [0.4, 0.5) is 0 Å². The lowest BCUT2D eigenvalue weighted by molar-refractivity contribution is 0.626. The van der Waals surface area contributed by atoms with E-state index in [0.717, 1.165) is 6.54 Å². The van der Waals surface area contributed by atoms with Crippen LogP contribution in [0.3, 0.4) is 0 Å². The van der Waals surface area contributed by atoms with Gasteiger partial charge in [0.2, 0.25) is 0 Å². The predicted octanol–water partition coefficient (Wildman–Crippen LogP) is 3.01. The van der Waals surface area contributed by atoms with Crippen LogP contribution in [0.25, 0.3) is 10.9 Å². The predicted molar refractivity (Wildman–Crippen MR) is 65.0 cm³/mol. The molecule has 1 aromatic heterocycles. The normalized spacial score (nSPS) is 13.2. The molecule has 0 aliphatic rings. The van der Waals surface area contributed by atoms with E-state index in [9.17, 15) is 0 Å². The Morgan fingerprint density at radius 1 is 1.33 bits per heavy atom. The quantitative estimate of drug-likeness (QED) is 0.786. The molecule has 0 saturated heterocycles. The van der Waals surface area contributed by atoms with Gasteiger partial charge in [-0.25, -0.2) is 0 Å². The molecule has 80 valence electrons. The maximum absolute atomic E-state index is 5.83. The summed E-state index contributed by atoms with van der Waals surface area (Å²) < 4.78 is 0. The first-order valence-corrected chi connectivity index (χ1v) is 5.63. The lowest BCUT2D eigenvalue weighted by atomic mass is 9.94. The van der Waals surface area contributed by atoms with Gasteiger partial charge in [-0.05, 0) is 30.5 Å². The second-order valence-electron chi connectivity index (χ2n) is 4.01. The van der Waals surface area contributed by atoms with E-state index < -0.39 is 0 Å². The van der Waals surface area contributed by atoms with E-state index in [1.165, 1.54) is 29.3 Å². The van der Waals surface area contributed by atoms with E-state index in [0.29, 0.717) is 5.92 Å². The van der Waals surface area contributed by atoms with Crippen molar-refractivity contribution in [1.29, 1.82) is 0 Å². The summed E-state index contributed by atoms with van der Waals surface area (Å²) in [5.74, 6) is 0.492. The van der Waals surface area contributed by atoms with Crippen molar-refractivity contribution < 1.29 is 0 Å². The zero-order valence-electron chi connectivity index (χ0n) is 9.16. The van der Waals surface area contributed by atoms with E-state index in [1.807, 2.05) is 0 Å². The molecule has 0 radical (unpaired) electrons. The summed E-state index contributed by atoms with van der Waals surface area (Å²) in [6.45, 7) is 2.94. The maximum atomic E-state index is 5.83. The Hall–Kier alpha value is -1.28. The largest absolute Gasteiger partial charge is 0.361 e. The van der Waals surface area contributed by atoms with Crippen LogP contribution < -0.4 is 5.73 Å². The van der Waals surface area contributed by atoms with Crippen molar-refractivity contribution in [2.45, 2.75) is 25.7 Å². The second kappa shape index (κ2) is 4.49. The van der Waals surface area contributed by atoms with Gasteiger partial charge in [-0.15, -0.1) is 0 Å². The molecule has 1 atom stereocenters. The number of benzene rings is 1. The molecule has 1 heterocycles. The summed E-state index contributed by atoms with van der Waals surface area (Å²) in [5.41, 5.74) is 8.41. The Balaban J connectivity index is 2.41. The van der Waals surface area contributed by atoms with Crippen molar-refractivity contribution in [3.8, 4) is 0 Å². The summed E-state index contributed by atoms with van der Waals surface area (Å²) in [4.78, 5) is 3.31. The number of aromatic nitrogens is 1. The number of fused-ring (bicyclic) bond motifs is 1. The third kappa shape index (κ3) is 1.90. The molecule has 0 aliphatic heterocycles. The zero-order valence-corrected chi connectivity index (χ0v) is 9.16. The van der Waals surface area contributed by atoms with Gasteiger partial charge in [-0.1, -0.05) is 31.5 Å². The molecule has 0 aliphatic carbocycles. The highest BCUT2D eigenvalue weighted by atomic mass is 14.7. The van der Waals surface area contributed by atoms with Crippen LogP contribution in [0.15, 0.2) is 30.5 Å². The number of aromatic amines is 1. The van der Waals surface area contributed by atoms with Crippen LogP contribution in [0.2, 0.25) is 0 Å². The molecule has 0 amide bonds. The van der Waals surface area contributed by atoms with E-state index in [-0.39, 0.29) is 0 Å². The van der Waals surface area contributed by atoms with Crippen molar-refractivity contribution >= 4 is 10.9 Å². The number of para-hydroxylation sites is 1. The number of hydrogen-bond acceptors (Lipinski definition) is 1. The molecule has 2 nitrogen and oxygen atoms in total. The average molecular weight is 202 g/mol. The summed E-state index contributed by atoms with van der Waals surface area (Å²) in [6.07, 6.45) is 4.46. The Kier molecular flexibility index (Phi) is 3.07. The molecular formula is C13H18N2. The molecule has 1 unspecified atom stereocenters. The molecular weight excluding hydrogens is 184 g/mol. The van der Waals surface area contributed by atoms with Crippen molar-refractivity contribution in [2.75, 3.05) is 6.54 Å². The monoisotopic (exact) mass is 202 g/mol. The van der Waals surface area contributed by atoms with Crippen LogP contribution in [-0.4, -0.2) is 11.5 Å². The van der Waals surface area contributed by atoms with Crippen molar-refractivity contribution in [3.63, 3.8) is 0 Å². The van der Waals surface area contributed by atoms with Gasteiger partial charge in [0.15, 0.2) is 0 Å². The highest BCUT2D eigenvalue weighted by Gasteiger charge is 2.12. The summed E-state index contributed by atoms with van der Waals surface area (Å²) >= 11 is 0. The molecule has 1 aromatic carbocycles. The van der Waals surface area contributed by atoms with Gasteiger partial charge >= 0.3 is 0 Å². The number of nitrogens with two attached hydrogens (primary N) is 1. The van der Waals surface area contributed by atoms with Gasteiger partial charge in [0, 0.05) is 17.1 Å². The fourth-order valence-electron chi connectivity index (χ4n) is 2.18. The summed E-state index contributed by atoms with van der Waals surface area (Å²) in [5, 5.41) is 1.32. The minimum atomic E-state index is 0.492. The molecule has 0 spiro atoms. The Labute approximate surface area is 90.5 Å². The minimum absolute atomic E-state index is 0.492. The molecule has 2 aromatic rings. The number of nitrogens with one attached hydrogen (secondary N) is 1. The van der Waals surface area contributed by atoms with Gasteiger partial charge < -0.3 is 10.7 Å². The van der Waals surface area contributed by atoms with Crippen LogP contribution in [-0.2, 0) is 0 Å². The van der Waals surface area contributed by atoms with E-state index >= 15 is 0 Å². The zero-order chi connectivity index (χ0) is 10.7. The third-order valence-electron chi connectivity index (χ3n) is 2.98. The standard InChI is InChI=1S/C13H18N2/c1-2-5-10(8-14)12-9-15-13-7-4-3-6-11(12)13/h3-4,6-7,9-10,15H,2,5,8,14H2,1H3. The molecule has 0 bridgehead atoms. The van der Waals surface area contributed by atoms with Crippen molar-refractivity contribution in [1.82, 2.24) is 4.98 Å². The highest BCUT2D eigenvalue weighted by Crippen LogP contribution is 2.27. The third-order valence-corrected chi connectivity index (χ3v) is 2.98. The smallest absolute Gasteiger partial charge is 0.0456 e. The lowest BCUT2D eigenvalue weighted by Gasteiger charge is -2.12. The molecule has 2 rings (SSSR count). The van der Waals surface area contributed by atoms with Gasteiger partial charge in [-0.3, -0.25) is 0 Å².